The molecule has 5 aromatic rings. The lowest BCUT2D eigenvalue weighted by molar-refractivity contribution is 0.724. The minimum atomic E-state index is -0.187. The van der Waals surface area contributed by atoms with E-state index in [1.807, 2.05) is 48.5 Å². The van der Waals surface area contributed by atoms with E-state index in [1.165, 1.54) is 0 Å². The van der Waals surface area contributed by atoms with E-state index in [9.17, 15) is 4.79 Å². The predicted octanol–water partition coefficient (Wildman–Crippen LogP) is 4.43. The SMILES string of the molecule is C=CCn1c(C)nc2c(c1=O)c1nc3ccccc3nc1n2N=Cc1cccc(Br)c1. The van der Waals surface area contributed by atoms with Crippen LogP contribution >= 0.6 is 15.9 Å². The van der Waals surface area contributed by atoms with E-state index in [4.69, 9.17) is 9.97 Å². The first-order valence-electron chi connectivity index (χ1n) is 9.66. The first-order chi connectivity index (χ1) is 15.1. The Hall–Kier alpha value is -3.65. The zero-order valence-corrected chi connectivity index (χ0v) is 18.2. The number of halogens is 1. The van der Waals surface area contributed by atoms with E-state index in [1.54, 1.807) is 28.5 Å². The van der Waals surface area contributed by atoms with E-state index in [0.29, 0.717) is 40.1 Å². The molecule has 0 saturated carbocycles. The average Bonchev–Trinajstić information content (AvgIpc) is 3.05. The molecule has 0 amide bonds. The quantitative estimate of drug-likeness (QED) is 0.286. The average molecular weight is 473 g/mol. The van der Waals surface area contributed by atoms with Crippen LogP contribution in [0.15, 0.2) is 75.6 Å². The van der Waals surface area contributed by atoms with Crippen LogP contribution in [0.3, 0.4) is 0 Å². The Morgan fingerprint density at radius 3 is 2.58 bits per heavy atom. The molecule has 0 N–H and O–H groups in total. The summed E-state index contributed by atoms with van der Waals surface area (Å²) in [6, 6.07) is 15.3. The Kier molecular flexibility index (Phi) is 4.71. The second kappa shape index (κ2) is 7.55. The van der Waals surface area contributed by atoms with Crippen molar-refractivity contribution < 1.29 is 0 Å². The lowest BCUT2D eigenvalue weighted by Gasteiger charge is -2.06. The van der Waals surface area contributed by atoms with Crippen LogP contribution in [0.2, 0.25) is 0 Å². The number of aryl methyl sites for hydroxylation is 1. The van der Waals surface area contributed by atoms with Gasteiger partial charge in [0.2, 0.25) is 0 Å². The Balaban J connectivity index is 1.88. The van der Waals surface area contributed by atoms with E-state index >= 15 is 0 Å². The van der Waals surface area contributed by atoms with Crippen molar-refractivity contribution in [1.29, 1.82) is 0 Å². The molecule has 152 valence electrons. The highest BCUT2D eigenvalue weighted by molar-refractivity contribution is 9.10. The summed E-state index contributed by atoms with van der Waals surface area (Å²) >= 11 is 3.47. The van der Waals surface area contributed by atoms with Gasteiger partial charge in [0.15, 0.2) is 11.3 Å². The van der Waals surface area contributed by atoms with Gasteiger partial charge in [0.1, 0.15) is 16.7 Å². The highest BCUT2D eigenvalue weighted by Gasteiger charge is 2.20. The molecule has 0 aliphatic heterocycles. The second-order valence-electron chi connectivity index (χ2n) is 7.06. The summed E-state index contributed by atoms with van der Waals surface area (Å²) in [6.07, 6.45) is 3.39. The molecule has 0 aliphatic rings. The van der Waals surface area contributed by atoms with Crippen molar-refractivity contribution in [2.75, 3.05) is 0 Å². The molecule has 0 bridgehead atoms. The van der Waals surface area contributed by atoms with Crippen LogP contribution < -0.4 is 5.56 Å². The molecule has 0 aliphatic carbocycles. The fourth-order valence-corrected chi connectivity index (χ4v) is 4.00. The van der Waals surface area contributed by atoms with Crippen molar-refractivity contribution in [3.05, 3.63) is 87.4 Å². The first kappa shape index (κ1) is 19.3. The number of hydrogen-bond donors (Lipinski definition) is 0. The van der Waals surface area contributed by atoms with Crippen LogP contribution in [0, 0.1) is 6.92 Å². The molecular formula is C23H17BrN6O. The monoisotopic (exact) mass is 472 g/mol. The zero-order chi connectivity index (χ0) is 21.5. The van der Waals surface area contributed by atoms with Crippen LogP contribution in [0.4, 0.5) is 0 Å². The zero-order valence-electron chi connectivity index (χ0n) is 16.7. The first-order valence-corrected chi connectivity index (χ1v) is 10.5. The van der Waals surface area contributed by atoms with Crippen molar-refractivity contribution in [3.63, 3.8) is 0 Å². The maximum absolute atomic E-state index is 13.4. The van der Waals surface area contributed by atoms with E-state index in [0.717, 1.165) is 15.6 Å². The smallest absolute Gasteiger partial charge is 0.265 e. The van der Waals surface area contributed by atoms with Gasteiger partial charge in [0, 0.05) is 11.0 Å². The lowest BCUT2D eigenvalue weighted by Crippen LogP contribution is -2.23. The Labute approximate surface area is 185 Å². The summed E-state index contributed by atoms with van der Waals surface area (Å²) in [6.45, 7) is 5.91. The molecule has 8 heteroatoms. The molecular weight excluding hydrogens is 456 g/mol. The van der Waals surface area contributed by atoms with E-state index in [2.05, 4.69) is 32.6 Å². The normalized spacial score (nSPS) is 11.8. The van der Waals surface area contributed by atoms with Crippen molar-refractivity contribution >= 4 is 55.4 Å². The molecule has 2 aromatic carbocycles. The number of nitrogens with zero attached hydrogens (tertiary/aromatic N) is 6. The van der Waals surface area contributed by atoms with Gasteiger partial charge >= 0.3 is 0 Å². The van der Waals surface area contributed by atoms with Crippen LogP contribution in [0.1, 0.15) is 11.4 Å². The Morgan fingerprint density at radius 2 is 1.84 bits per heavy atom. The van der Waals surface area contributed by atoms with Crippen molar-refractivity contribution in [3.8, 4) is 0 Å². The molecule has 0 fully saturated rings. The molecule has 7 nitrogen and oxygen atoms in total. The molecule has 0 unspecified atom stereocenters. The molecule has 31 heavy (non-hydrogen) atoms. The number of rotatable bonds is 4. The van der Waals surface area contributed by atoms with E-state index in [-0.39, 0.29) is 5.56 Å². The number of benzene rings is 2. The Bertz CT molecular complexity index is 1580. The van der Waals surface area contributed by atoms with Gasteiger partial charge in [-0.05, 0) is 36.8 Å². The van der Waals surface area contributed by atoms with E-state index < -0.39 is 0 Å². The van der Waals surface area contributed by atoms with Gasteiger partial charge in [0.25, 0.3) is 5.56 Å². The van der Waals surface area contributed by atoms with Crippen LogP contribution in [-0.2, 0) is 6.54 Å². The fraction of sp³-hybridized carbons (Fsp3) is 0.0870. The highest BCUT2D eigenvalue weighted by Crippen LogP contribution is 2.25. The maximum Gasteiger partial charge on any atom is 0.265 e. The molecule has 0 radical (unpaired) electrons. The minimum Gasteiger partial charge on any atom is -0.292 e. The summed E-state index contributed by atoms with van der Waals surface area (Å²) in [7, 11) is 0. The van der Waals surface area contributed by atoms with Gasteiger partial charge in [0.05, 0.1) is 17.2 Å². The number of aromatic nitrogens is 5. The molecule has 0 atom stereocenters. The Morgan fingerprint density at radius 1 is 1.06 bits per heavy atom. The largest absolute Gasteiger partial charge is 0.292 e. The van der Waals surface area contributed by atoms with Gasteiger partial charge in [-0.3, -0.25) is 9.36 Å². The molecule has 5 rings (SSSR count). The standard InChI is InChI=1S/C23H17BrN6O/c1-3-11-29-14(2)26-21-19(23(29)31)20-22(28-18-10-5-4-9-17(18)27-20)30(21)25-13-15-7-6-8-16(24)12-15/h3-10,12-13H,1,11H2,2H3. The third-order valence-electron chi connectivity index (χ3n) is 5.01. The molecule has 0 spiro atoms. The van der Waals surface area contributed by atoms with Crippen LogP contribution in [0.25, 0.3) is 33.2 Å². The topological polar surface area (TPSA) is 78.0 Å². The fourth-order valence-electron chi connectivity index (χ4n) is 3.58. The summed E-state index contributed by atoms with van der Waals surface area (Å²) in [4.78, 5) is 27.5. The molecule has 3 aromatic heterocycles. The molecule has 0 saturated heterocycles. The minimum absolute atomic E-state index is 0.187. The maximum atomic E-state index is 13.4. The van der Waals surface area contributed by atoms with Crippen molar-refractivity contribution in [2.45, 2.75) is 13.5 Å². The number of fused-ring (bicyclic) bond motifs is 4. The summed E-state index contributed by atoms with van der Waals surface area (Å²) < 4.78 is 4.12. The van der Waals surface area contributed by atoms with Gasteiger partial charge in [-0.1, -0.05) is 46.3 Å². The third-order valence-corrected chi connectivity index (χ3v) is 5.51. The summed E-state index contributed by atoms with van der Waals surface area (Å²) in [5, 5.41) is 5.03. The van der Waals surface area contributed by atoms with Gasteiger partial charge in [-0.2, -0.15) is 9.78 Å². The number of allylic oxidation sites excluding steroid dienone is 1. The highest BCUT2D eigenvalue weighted by atomic mass is 79.9. The predicted molar refractivity (Wildman–Crippen MR) is 127 cm³/mol. The van der Waals surface area contributed by atoms with Crippen molar-refractivity contribution in [2.24, 2.45) is 5.10 Å². The summed E-state index contributed by atoms with van der Waals surface area (Å²) in [5.41, 5.74) is 3.54. The number of para-hydroxylation sites is 2. The van der Waals surface area contributed by atoms with Crippen molar-refractivity contribution in [1.82, 2.24) is 24.2 Å². The van der Waals surface area contributed by atoms with Gasteiger partial charge in [-0.25, -0.2) is 15.0 Å². The van der Waals surface area contributed by atoms with Crippen LogP contribution in [0.5, 0.6) is 0 Å². The van der Waals surface area contributed by atoms with Gasteiger partial charge in [-0.15, -0.1) is 6.58 Å². The summed E-state index contributed by atoms with van der Waals surface area (Å²) in [5.74, 6) is 0.573. The number of hydrogen-bond acceptors (Lipinski definition) is 5. The lowest BCUT2D eigenvalue weighted by atomic mass is 10.2. The second-order valence-corrected chi connectivity index (χ2v) is 7.97. The molecule has 3 heterocycles. The van der Waals surface area contributed by atoms with Crippen LogP contribution in [-0.4, -0.2) is 30.4 Å². The van der Waals surface area contributed by atoms with Gasteiger partial charge < -0.3 is 0 Å². The third kappa shape index (κ3) is 3.25.